The van der Waals surface area contributed by atoms with E-state index in [1.54, 1.807) is 12.1 Å². The molecule has 6 heteroatoms. The Bertz CT molecular complexity index is 572. The fourth-order valence-electron chi connectivity index (χ4n) is 1.44. The van der Waals surface area contributed by atoms with Gasteiger partial charge in [-0.25, -0.2) is 5.84 Å². The largest absolute Gasteiger partial charge is 0.486 e. The molecule has 0 bridgehead atoms. The van der Waals surface area contributed by atoms with E-state index in [0.717, 1.165) is 15.9 Å². The Balaban J connectivity index is 2.01. The maximum Gasteiger partial charge on any atom is 0.266 e. The van der Waals surface area contributed by atoms with Crippen LogP contribution in [0, 0.1) is 0 Å². The van der Waals surface area contributed by atoms with E-state index in [0.29, 0.717) is 12.2 Å². The number of amides is 1. The van der Waals surface area contributed by atoms with Gasteiger partial charge in [-0.05, 0) is 40.2 Å². The number of halogens is 1. The van der Waals surface area contributed by atoms with Crippen molar-refractivity contribution in [3.8, 4) is 5.75 Å². The second-order valence-corrected chi connectivity index (χ2v) is 4.59. The Morgan fingerprint density at radius 1 is 1.32 bits per heavy atom. The topological polar surface area (TPSA) is 77.2 Å². The van der Waals surface area contributed by atoms with Gasteiger partial charge in [-0.3, -0.25) is 15.2 Å². The molecule has 98 valence electrons. The normalized spacial score (nSPS) is 10.0. The molecule has 1 aromatic heterocycles. The van der Waals surface area contributed by atoms with Crippen molar-refractivity contribution in [1.29, 1.82) is 0 Å². The lowest BCUT2D eigenvalue weighted by atomic mass is 10.2. The maximum atomic E-state index is 11.2. The molecule has 3 N–H and O–H groups in total. The first-order chi connectivity index (χ1) is 9.20. The summed E-state index contributed by atoms with van der Waals surface area (Å²) < 4.78 is 6.50. The van der Waals surface area contributed by atoms with Crippen molar-refractivity contribution >= 4 is 21.8 Å². The second-order valence-electron chi connectivity index (χ2n) is 3.73. The van der Waals surface area contributed by atoms with Gasteiger partial charge in [0.2, 0.25) is 0 Å². The number of nitrogens with one attached hydrogen (secondary N) is 1. The van der Waals surface area contributed by atoms with Crippen LogP contribution in [0.4, 0.5) is 0 Å². The van der Waals surface area contributed by atoms with Crippen LogP contribution in [-0.2, 0) is 6.61 Å². The molecule has 0 saturated carbocycles. The maximum absolute atomic E-state index is 11.2. The molecule has 5 nitrogen and oxygen atoms in total. The van der Waals surface area contributed by atoms with Crippen molar-refractivity contribution in [2.45, 2.75) is 6.61 Å². The third kappa shape index (κ3) is 3.52. The fourth-order valence-corrected chi connectivity index (χ4v) is 1.84. The Morgan fingerprint density at radius 3 is 2.74 bits per heavy atom. The van der Waals surface area contributed by atoms with Crippen LogP contribution < -0.4 is 16.0 Å². The van der Waals surface area contributed by atoms with Gasteiger partial charge in [-0.15, -0.1) is 0 Å². The lowest BCUT2D eigenvalue weighted by Gasteiger charge is -2.07. The zero-order chi connectivity index (χ0) is 13.7. The SMILES string of the molecule is NNC(=O)c1ccc(COc2ccccc2Br)nc1. The fraction of sp³-hybridized carbons (Fsp3) is 0.0769. The number of hydrogen-bond acceptors (Lipinski definition) is 4. The van der Waals surface area contributed by atoms with Gasteiger partial charge in [0, 0.05) is 6.20 Å². The van der Waals surface area contributed by atoms with E-state index < -0.39 is 0 Å². The molecule has 2 aromatic rings. The van der Waals surface area contributed by atoms with E-state index in [1.165, 1.54) is 6.20 Å². The zero-order valence-electron chi connectivity index (χ0n) is 9.97. The van der Waals surface area contributed by atoms with E-state index in [1.807, 2.05) is 29.7 Å². The summed E-state index contributed by atoms with van der Waals surface area (Å²) in [5.74, 6) is 5.41. The summed E-state index contributed by atoms with van der Waals surface area (Å²) in [7, 11) is 0. The molecule has 0 aliphatic rings. The highest BCUT2D eigenvalue weighted by Gasteiger charge is 2.05. The molecule has 1 aromatic carbocycles. The number of rotatable bonds is 4. The third-order valence-corrected chi connectivity index (χ3v) is 3.09. The molecular formula is C13H12BrN3O2. The number of para-hydroxylation sites is 1. The molecule has 0 unspecified atom stereocenters. The molecule has 1 amide bonds. The van der Waals surface area contributed by atoms with Gasteiger partial charge in [0.1, 0.15) is 12.4 Å². The zero-order valence-corrected chi connectivity index (χ0v) is 11.6. The monoisotopic (exact) mass is 321 g/mol. The number of ether oxygens (including phenoxy) is 1. The Kier molecular flexibility index (Phi) is 4.48. The first-order valence-electron chi connectivity index (χ1n) is 5.54. The summed E-state index contributed by atoms with van der Waals surface area (Å²) in [5, 5.41) is 0. The van der Waals surface area contributed by atoms with Crippen LogP contribution in [0.1, 0.15) is 16.1 Å². The number of hydrazine groups is 1. The number of aromatic nitrogens is 1. The molecule has 0 spiro atoms. The number of nitrogen functional groups attached to an aromatic ring is 1. The van der Waals surface area contributed by atoms with Gasteiger partial charge in [-0.1, -0.05) is 12.1 Å². The van der Waals surface area contributed by atoms with Crippen LogP contribution >= 0.6 is 15.9 Å². The van der Waals surface area contributed by atoms with Crippen LogP contribution in [0.25, 0.3) is 0 Å². The van der Waals surface area contributed by atoms with Gasteiger partial charge in [-0.2, -0.15) is 0 Å². The van der Waals surface area contributed by atoms with Crippen LogP contribution in [-0.4, -0.2) is 10.9 Å². The molecule has 2 rings (SSSR count). The van der Waals surface area contributed by atoms with Crippen LogP contribution in [0.3, 0.4) is 0 Å². The number of pyridine rings is 1. The highest BCUT2D eigenvalue weighted by atomic mass is 79.9. The summed E-state index contributed by atoms with van der Waals surface area (Å²) in [6, 6.07) is 10.9. The number of carbonyl (C=O) groups is 1. The van der Waals surface area contributed by atoms with Crippen molar-refractivity contribution in [2.24, 2.45) is 5.84 Å². The summed E-state index contributed by atoms with van der Waals surface area (Å²) >= 11 is 3.40. The van der Waals surface area contributed by atoms with E-state index in [4.69, 9.17) is 10.6 Å². The van der Waals surface area contributed by atoms with Gasteiger partial charge < -0.3 is 4.74 Å². The molecule has 1 heterocycles. The predicted octanol–water partition coefficient (Wildman–Crippen LogP) is 2.03. The smallest absolute Gasteiger partial charge is 0.266 e. The van der Waals surface area contributed by atoms with Gasteiger partial charge in [0.15, 0.2) is 0 Å². The molecule has 0 aliphatic heterocycles. The summed E-state index contributed by atoms with van der Waals surface area (Å²) in [4.78, 5) is 15.4. The average molecular weight is 322 g/mol. The third-order valence-electron chi connectivity index (χ3n) is 2.43. The summed E-state index contributed by atoms with van der Waals surface area (Å²) in [6.07, 6.45) is 1.46. The molecule has 0 saturated heterocycles. The van der Waals surface area contributed by atoms with Crippen molar-refractivity contribution < 1.29 is 9.53 Å². The predicted molar refractivity (Wildman–Crippen MR) is 74.4 cm³/mol. The van der Waals surface area contributed by atoms with Crippen molar-refractivity contribution in [3.63, 3.8) is 0 Å². The minimum absolute atomic E-state index is 0.327. The lowest BCUT2D eigenvalue weighted by molar-refractivity contribution is 0.0953. The number of nitrogens with two attached hydrogens (primary N) is 1. The highest BCUT2D eigenvalue weighted by molar-refractivity contribution is 9.10. The average Bonchev–Trinajstić information content (AvgIpc) is 2.46. The summed E-state index contributed by atoms with van der Waals surface area (Å²) in [5.41, 5.74) is 3.19. The molecule has 0 radical (unpaired) electrons. The van der Waals surface area contributed by atoms with Crippen LogP contribution in [0.5, 0.6) is 5.75 Å². The lowest BCUT2D eigenvalue weighted by Crippen LogP contribution is -2.30. The second kappa shape index (κ2) is 6.31. The number of hydrogen-bond donors (Lipinski definition) is 2. The summed E-state index contributed by atoms with van der Waals surface area (Å²) in [6.45, 7) is 0.327. The van der Waals surface area contributed by atoms with E-state index >= 15 is 0 Å². The van der Waals surface area contributed by atoms with Gasteiger partial charge in [0.05, 0.1) is 15.7 Å². The minimum atomic E-state index is -0.370. The Hall–Kier alpha value is -1.92. The highest BCUT2D eigenvalue weighted by Crippen LogP contribution is 2.24. The van der Waals surface area contributed by atoms with Crippen molar-refractivity contribution in [1.82, 2.24) is 10.4 Å². The quantitative estimate of drug-likeness (QED) is 0.513. The van der Waals surface area contributed by atoms with Gasteiger partial charge >= 0.3 is 0 Å². The Morgan fingerprint density at radius 2 is 2.11 bits per heavy atom. The first-order valence-corrected chi connectivity index (χ1v) is 6.33. The van der Waals surface area contributed by atoms with Crippen LogP contribution in [0.15, 0.2) is 47.1 Å². The van der Waals surface area contributed by atoms with E-state index in [9.17, 15) is 4.79 Å². The van der Waals surface area contributed by atoms with E-state index in [2.05, 4.69) is 20.9 Å². The minimum Gasteiger partial charge on any atom is -0.486 e. The standard InChI is InChI=1S/C13H12BrN3O2/c14-11-3-1-2-4-12(11)19-8-10-6-5-9(7-16-10)13(18)17-15/h1-7H,8,15H2,(H,17,18). The molecule has 19 heavy (non-hydrogen) atoms. The molecule has 0 aliphatic carbocycles. The molecule has 0 fully saturated rings. The van der Waals surface area contributed by atoms with E-state index in [-0.39, 0.29) is 5.91 Å². The van der Waals surface area contributed by atoms with Crippen molar-refractivity contribution in [3.05, 3.63) is 58.3 Å². The molecular weight excluding hydrogens is 310 g/mol. The number of carbonyl (C=O) groups excluding carboxylic acids is 1. The molecule has 0 atom stereocenters. The Labute approximate surface area is 118 Å². The first kappa shape index (κ1) is 13.5. The number of benzene rings is 1. The van der Waals surface area contributed by atoms with Crippen molar-refractivity contribution in [2.75, 3.05) is 0 Å². The number of nitrogens with zero attached hydrogens (tertiary/aromatic N) is 1. The van der Waals surface area contributed by atoms with Crippen LogP contribution in [0.2, 0.25) is 0 Å². The van der Waals surface area contributed by atoms with Gasteiger partial charge in [0.25, 0.3) is 5.91 Å².